The molecule has 1 aromatic rings. The van der Waals surface area contributed by atoms with Crippen LogP contribution in [0.5, 0.6) is 0 Å². The van der Waals surface area contributed by atoms with Crippen molar-refractivity contribution in [1.29, 1.82) is 0 Å². The fraction of sp³-hybridized carbons (Fsp3) is 0.500. The van der Waals surface area contributed by atoms with E-state index in [4.69, 9.17) is 11.5 Å². The zero-order chi connectivity index (χ0) is 10.6. The van der Waals surface area contributed by atoms with Crippen LogP contribution in [-0.2, 0) is 0 Å². The molecule has 0 saturated heterocycles. The van der Waals surface area contributed by atoms with Crippen LogP contribution in [-0.4, -0.2) is 34.5 Å². The first-order valence-electron chi connectivity index (χ1n) is 4.37. The van der Waals surface area contributed by atoms with E-state index in [0.29, 0.717) is 6.54 Å². The molecule has 0 aromatic carbocycles. The van der Waals surface area contributed by atoms with Gasteiger partial charge in [0, 0.05) is 5.69 Å². The maximum absolute atomic E-state index is 5.24. The molecule has 0 amide bonds. The van der Waals surface area contributed by atoms with Crippen molar-refractivity contribution in [2.45, 2.75) is 11.9 Å². The van der Waals surface area contributed by atoms with Gasteiger partial charge in [-0.1, -0.05) is 0 Å². The third-order valence-electron chi connectivity index (χ3n) is 1.89. The first kappa shape index (κ1) is 10.9. The Morgan fingerprint density at radius 2 is 2.36 bits per heavy atom. The largest absolute Gasteiger partial charge is 0.370 e. The van der Waals surface area contributed by atoms with Crippen LogP contribution >= 0.6 is 10.9 Å². The highest BCUT2D eigenvalue weighted by Gasteiger charge is 2.06. The maximum atomic E-state index is 5.24. The van der Waals surface area contributed by atoms with E-state index in [2.05, 4.69) is 21.2 Å². The fourth-order valence-corrected chi connectivity index (χ4v) is 2.68. The second-order valence-corrected chi connectivity index (χ2v) is 5.35. The van der Waals surface area contributed by atoms with Crippen LogP contribution < -0.4 is 11.5 Å². The van der Waals surface area contributed by atoms with Crippen molar-refractivity contribution in [2.24, 2.45) is 16.5 Å². The van der Waals surface area contributed by atoms with Crippen LogP contribution in [0.2, 0.25) is 0 Å². The van der Waals surface area contributed by atoms with Gasteiger partial charge in [-0.05, 0) is 18.9 Å². The smallest absolute Gasteiger partial charge is 0.185 e. The summed E-state index contributed by atoms with van der Waals surface area (Å²) < 4.78 is 0. The lowest BCUT2D eigenvalue weighted by molar-refractivity contribution is 1.09. The van der Waals surface area contributed by atoms with Crippen LogP contribution in [0.1, 0.15) is 5.69 Å². The van der Waals surface area contributed by atoms with E-state index in [9.17, 15) is 0 Å². The number of hydrogen-bond acceptors (Lipinski definition) is 2. The Balaban J connectivity index is 2.47. The van der Waals surface area contributed by atoms with E-state index in [1.807, 2.05) is 6.92 Å². The molecule has 1 heterocycles. The summed E-state index contributed by atoms with van der Waals surface area (Å²) in [4.78, 5) is 11.3. The number of aromatic amines is 1. The van der Waals surface area contributed by atoms with Crippen molar-refractivity contribution in [3.05, 3.63) is 12.0 Å². The van der Waals surface area contributed by atoms with Gasteiger partial charge in [0.25, 0.3) is 0 Å². The molecule has 0 bridgehead atoms. The molecule has 1 aromatic heterocycles. The molecule has 0 radical (unpaired) electrons. The Bertz CT molecular complexity index is 315. The number of nitrogens with one attached hydrogen (secondary N) is 1. The number of nitrogens with two attached hydrogens (primary N) is 2. The first-order valence-corrected chi connectivity index (χ1v) is 6.35. The number of H-pyrrole nitrogens is 1. The van der Waals surface area contributed by atoms with Crippen molar-refractivity contribution in [1.82, 2.24) is 9.97 Å². The molecule has 0 aliphatic carbocycles. The molecule has 5 N–H and O–H groups in total. The molecule has 0 saturated carbocycles. The maximum Gasteiger partial charge on any atom is 0.185 e. The lowest BCUT2D eigenvalue weighted by Crippen LogP contribution is -2.23. The molecular formula is C8H17N5S. The Morgan fingerprint density at radius 1 is 1.64 bits per heavy atom. The van der Waals surface area contributed by atoms with Gasteiger partial charge in [0.15, 0.2) is 5.96 Å². The van der Waals surface area contributed by atoms with Gasteiger partial charge in [-0.3, -0.25) is 4.99 Å². The molecule has 0 aliphatic heterocycles. The number of imidazole rings is 1. The second-order valence-electron chi connectivity index (χ2n) is 3.08. The summed E-state index contributed by atoms with van der Waals surface area (Å²) in [5, 5.41) is 1.16. The van der Waals surface area contributed by atoms with Gasteiger partial charge in [0.1, 0.15) is 0 Å². The van der Waals surface area contributed by atoms with Gasteiger partial charge in [0.05, 0.1) is 17.9 Å². The van der Waals surface area contributed by atoms with E-state index in [0.717, 1.165) is 16.5 Å². The van der Waals surface area contributed by atoms with Crippen molar-refractivity contribution in [3.63, 3.8) is 0 Å². The number of hydrogen-bond donors (Lipinski definition) is 4. The number of thiol groups is 1. The molecule has 80 valence electrons. The summed E-state index contributed by atoms with van der Waals surface area (Å²) in [7, 11) is -0.251. The van der Waals surface area contributed by atoms with E-state index < -0.39 is 0 Å². The van der Waals surface area contributed by atoms with Crippen LogP contribution in [0.3, 0.4) is 0 Å². The van der Waals surface area contributed by atoms with Crippen LogP contribution in [0.15, 0.2) is 16.3 Å². The van der Waals surface area contributed by atoms with Crippen LogP contribution in [0.4, 0.5) is 0 Å². The molecule has 1 unspecified atom stereocenters. The fourth-order valence-electron chi connectivity index (χ4n) is 1.17. The molecule has 5 nitrogen and oxygen atoms in total. The quantitative estimate of drug-likeness (QED) is 0.323. The molecule has 1 rings (SSSR count). The predicted octanol–water partition coefficient (Wildman–Crippen LogP) is -0.0186. The molecule has 0 fully saturated rings. The summed E-state index contributed by atoms with van der Waals surface area (Å²) >= 11 is 0. The van der Waals surface area contributed by atoms with Crippen molar-refractivity contribution < 1.29 is 0 Å². The molecule has 1 atom stereocenters. The highest BCUT2D eigenvalue weighted by molar-refractivity contribution is 8.16. The Morgan fingerprint density at radius 3 is 2.86 bits per heavy atom. The van der Waals surface area contributed by atoms with E-state index >= 15 is 0 Å². The van der Waals surface area contributed by atoms with Crippen LogP contribution in [0, 0.1) is 6.92 Å². The Labute approximate surface area is 86.4 Å². The van der Waals surface area contributed by atoms with Crippen molar-refractivity contribution >= 4 is 16.9 Å². The highest BCUT2D eigenvalue weighted by Crippen LogP contribution is 2.31. The summed E-state index contributed by atoms with van der Waals surface area (Å²) in [6.07, 6.45) is 3.91. The van der Waals surface area contributed by atoms with Gasteiger partial charge in [-0.15, -0.1) is 0 Å². The Hall–Kier alpha value is -1.17. The highest BCUT2D eigenvalue weighted by atomic mass is 32.2. The van der Waals surface area contributed by atoms with E-state index in [1.165, 1.54) is 0 Å². The molecule has 0 aliphatic rings. The molecule has 6 heteroatoms. The number of aliphatic imine (C=N–C) groups is 1. The average molecular weight is 215 g/mol. The topological polar surface area (TPSA) is 93.1 Å². The molecular weight excluding hydrogens is 198 g/mol. The monoisotopic (exact) mass is 215 g/mol. The number of nitrogens with zero attached hydrogens (tertiary/aromatic N) is 2. The zero-order valence-corrected chi connectivity index (χ0v) is 9.38. The minimum Gasteiger partial charge on any atom is -0.370 e. The minimum atomic E-state index is -0.251. The average Bonchev–Trinajstić information content (AvgIpc) is 2.50. The van der Waals surface area contributed by atoms with E-state index in [1.54, 1.807) is 6.33 Å². The Kier molecular flexibility index (Phi) is 3.82. The SMILES string of the molecule is Cc1[nH]cnc1[SH](C)CCN=C(N)N. The van der Waals surface area contributed by atoms with Gasteiger partial charge in [0.2, 0.25) is 0 Å². The minimum absolute atomic E-state index is 0.159. The lowest BCUT2D eigenvalue weighted by atomic mass is 10.6. The van der Waals surface area contributed by atoms with Crippen molar-refractivity contribution in [3.8, 4) is 0 Å². The van der Waals surface area contributed by atoms with Gasteiger partial charge >= 0.3 is 0 Å². The second kappa shape index (κ2) is 4.90. The number of aromatic nitrogens is 2. The standard InChI is InChI=1S/C8H17N5S/c1-6-7(13-5-12-6)14(2)4-3-11-8(9)10/h5,14H,3-4H2,1-2H3,(H,12,13)(H4,9,10,11). The third kappa shape index (κ3) is 2.95. The van der Waals surface area contributed by atoms with Gasteiger partial charge < -0.3 is 16.5 Å². The predicted molar refractivity (Wildman–Crippen MR) is 62.0 cm³/mol. The summed E-state index contributed by atoms with van der Waals surface area (Å²) in [6.45, 7) is 2.71. The first-order chi connectivity index (χ1) is 6.61. The summed E-state index contributed by atoms with van der Waals surface area (Å²) in [5.74, 6) is 1.13. The van der Waals surface area contributed by atoms with Crippen molar-refractivity contribution in [2.75, 3.05) is 18.6 Å². The number of guanidine groups is 1. The van der Waals surface area contributed by atoms with Crippen LogP contribution in [0.25, 0.3) is 0 Å². The third-order valence-corrected chi connectivity index (χ3v) is 3.94. The summed E-state index contributed by atoms with van der Waals surface area (Å²) in [5.41, 5.74) is 11.6. The van der Waals surface area contributed by atoms with E-state index in [-0.39, 0.29) is 16.9 Å². The zero-order valence-electron chi connectivity index (χ0n) is 8.49. The molecule has 0 spiro atoms. The normalized spacial score (nSPS) is 13.7. The number of rotatable bonds is 4. The number of aryl methyl sites for hydroxylation is 1. The molecule has 14 heavy (non-hydrogen) atoms. The lowest BCUT2D eigenvalue weighted by Gasteiger charge is -2.12. The van der Waals surface area contributed by atoms with Gasteiger partial charge in [-0.25, -0.2) is 15.9 Å². The van der Waals surface area contributed by atoms with Gasteiger partial charge in [-0.2, -0.15) is 0 Å². The summed E-state index contributed by atoms with van der Waals surface area (Å²) in [6, 6.07) is 0.